The predicted octanol–water partition coefficient (Wildman–Crippen LogP) is 3.83. The van der Waals surface area contributed by atoms with Crippen LogP contribution in [0.5, 0.6) is 0 Å². The number of piperazine rings is 1. The number of nitrogens with one attached hydrogen (secondary N) is 1. The van der Waals surface area contributed by atoms with Crippen molar-refractivity contribution in [1.82, 2.24) is 15.1 Å². The van der Waals surface area contributed by atoms with Crippen molar-refractivity contribution in [1.29, 1.82) is 0 Å². The number of nitrogens with zero attached hydrogens (tertiary/aromatic N) is 2. The van der Waals surface area contributed by atoms with Crippen molar-refractivity contribution in [3.63, 3.8) is 0 Å². The van der Waals surface area contributed by atoms with Crippen molar-refractivity contribution in [2.24, 2.45) is 0 Å². The first-order valence-corrected chi connectivity index (χ1v) is 12.2. The zero-order valence-corrected chi connectivity index (χ0v) is 19.4. The minimum absolute atomic E-state index is 0.0709. The molecule has 1 heterocycles. The lowest BCUT2D eigenvalue weighted by Crippen LogP contribution is -2.66. The topological polar surface area (TPSA) is 90.0 Å². The van der Waals surface area contributed by atoms with Crippen LogP contribution in [0.1, 0.15) is 49.7 Å². The molecule has 180 valence electrons. The third-order valence-electron chi connectivity index (χ3n) is 6.82. The molecule has 2 atom stereocenters. The Hall–Kier alpha value is -3.35. The lowest BCUT2D eigenvalue weighted by molar-refractivity contribution is -0.148. The summed E-state index contributed by atoms with van der Waals surface area (Å²) >= 11 is 0. The van der Waals surface area contributed by atoms with Gasteiger partial charge in [-0.25, -0.2) is 4.79 Å². The predicted molar refractivity (Wildman–Crippen MR) is 129 cm³/mol. The molecule has 0 aromatic heterocycles. The Morgan fingerprint density at radius 2 is 1.53 bits per heavy atom. The Kier molecular flexibility index (Phi) is 7.83. The SMILES string of the molecule is O=C(O)CC1CN(Cc2ccccc2)C(=O)[C@H](Cc2ccccc2)N1C(=O)NC1CCCCC1. The lowest BCUT2D eigenvalue weighted by Gasteiger charge is -2.46. The van der Waals surface area contributed by atoms with E-state index in [1.54, 1.807) is 4.90 Å². The van der Waals surface area contributed by atoms with Gasteiger partial charge >= 0.3 is 12.0 Å². The first kappa shape index (κ1) is 23.8. The first-order chi connectivity index (χ1) is 16.5. The van der Waals surface area contributed by atoms with Gasteiger partial charge in [0.05, 0.1) is 12.5 Å². The van der Waals surface area contributed by atoms with Crippen LogP contribution in [-0.4, -0.2) is 57.5 Å². The summed E-state index contributed by atoms with van der Waals surface area (Å²) in [5.41, 5.74) is 1.91. The van der Waals surface area contributed by atoms with E-state index in [2.05, 4.69) is 5.32 Å². The maximum absolute atomic E-state index is 13.7. The van der Waals surface area contributed by atoms with Crippen molar-refractivity contribution in [2.45, 2.75) is 69.6 Å². The molecule has 1 aliphatic heterocycles. The number of hydrogen-bond donors (Lipinski definition) is 2. The van der Waals surface area contributed by atoms with Gasteiger partial charge < -0.3 is 20.2 Å². The Labute approximate surface area is 200 Å². The van der Waals surface area contributed by atoms with Gasteiger partial charge in [-0.3, -0.25) is 9.59 Å². The number of urea groups is 1. The zero-order chi connectivity index (χ0) is 23.9. The van der Waals surface area contributed by atoms with Gasteiger partial charge in [-0.05, 0) is 24.0 Å². The van der Waals surface area contributed by atoms with Gasteiger partial charge in [-0.2, -0.15) is 0 Å². The second-order valence-corrected chi connectivity index (χ2v) is 9.35. The Balaban J connectivity index is 1.63. The zero-order valence-electron chi connectivity index (χ0n) is 19.4. The van der Waals surface area contributed by atoms with Gasteiger partial charge in [0.15, 0.2) is 0 Å². The molecule has 34 heavy (non-hydrogen) atoms. The summed E-state index contributed by atoms with van der Waals surface area (Å²) < 4.78 is 0. The monoisotopic (exact) mass is 463 g/mol. The highest BCUT2D eigenvalue weighted by Gasteiger charge is 2.44. The molecular formula is C27H33N3O4. The molecule has 1 saturated heterocycles. The molecule has 2 fully saturated rings. The number of aliphatic carboxylic acids is 1. The van der Waals surface area contributed by atoms with E-state index in [-0.39, 0.29) is 30.9 Å². The standard InChI is InChI=1S/C27H33N3O4/c31-25(32)17-23-19-29(18-21-12-6-2-7-13-21)26(33)24(16-20-10-4-1-5-11-20)30(23)27(34)28-22-14-8-3-9-15-22/h1-2,4-7,10-13,22-24H,3,8-9,14-19H2,(H,28,34)(H,31,32)/t23?,24-/m0/s1. The molecule has 1 aliphatic carbocycles. The molecule has 2 aromatic rings. The molecule has 3 amide bonds. The van der Waals surface area contributed by atoms with E-state index in [9.17, 15) is 19.5 Å². The highest BCUT2D eigenvalue weighted by molar-refractivity contribution is 5.89. The molecule has 7 nitrogen and oxygen atoms in total. The number of benzene rings is 2. The van der Waals surface area contributed by atoms with Gasteiger partial charge in [-0.15, -0.1) is 0 Å². The summed E-state index contributed by atoms with van der Waals surface area (Å²) in [7, 11) is 0. The molecule has 1 saturated carbocycles. The average molecular weight is 464 g/mol. The second kappa shape index (κ2) is 11.2. The molecule has 7 heteroatoms. The first-order valence-electron chi connectivity index (χ1n) is 12.2. The number of amides is 3. The van der Waals surface area contributed by atoms with E-state index >= 15 is 0 Å². The fourth-order valence-electron chi connectivity index (χ4n) is 5.15. The summed E-state index contributed by atoms with van der Waals surface area (Å²) in [6, 6.07) is 17.7. The van der Waals surface area contributed by atoms with E-state index in [0.717, 1.165) is 36.8 Å². The number of carbonyl (C=O) groups is 3. The second-order valence-electron chi connectivity index (χ2n) is 9.35. The van der Waals surface area contributed by atoms with Crippen LogP contribution in [0, 0.1) is 0 Å². The van der Waals surface area contributed by atoms with Crippen LogP contribution in [-0.2, 0) is 22.6 Å². The molecule has 1 unspecified atom stereocenters. The van der Waals surface area contributed by atoms with E-state index in [0.29, 0.717) is 13.0 Å². The van der Waals surface area contributed by atoms with Crippen molar-refractivity contribution >= 4 is 17.9 Å². The number of carboxylic acids is 1. The van der Waals surface area contributed by atoms with E-state index < -0.39 is 18.1 Å². The van der Waals surface area contributed by atoms with Crippen LogP contribution in [0.4, 0.5) is 4.79 Å². The molecule has 2 aliphatic rings. The van der Waals surface area contributed by atoms with Crippen LogP contribution in [0.3, 0.4) is 0 Å². The van der Waals surface area contributed by atoms with Gasteiger partial charge in [0.2, 0.25) is 5.91 Å². The van der Waals surface area contributed by atoms with Crippen LogP contribution >= 0.6 is 0 Å². The highest BCUT2D eigenvalue weighted by atomic mass is 16.4. The van der Waals surface area contributed by atoms with Crippen molar-refractivity contribution in [3.05, 3.63) is 71.8 Å². The molecular weight excluding hydrogens is 430 g/mol. The number of hydrogen-bond acceptors (Lipinski definition) is 3. The Morgan fingerprint density at radius 3 is 2.15 bits per heavy atom. The van der Waals surface area contributed by atoms with E-state index in [1.807, 2.05) is 60.7 Å². The summed E-state index contributed by atoms with van der Waals surface area (Å²) in [5, 5.41) is 12.8. The normalized spacial score (nSPS) is 21.4. The Morgan fingerprint density at radius 1 is 0.912 bits per heavy atom. The van der Waals surface area contributed by atoms with Crippen molar-refractivity contribution in [2.75, 3.05) is 6.54 Å². The molecule has 2 aromatic carbocycles. The van der Waals surface area contributed by atoms with Crippen LogP contribution in [0.15, 0.2) is 60.7 Å². The number of rotatable bonds is 7. The summed E-state index contributed by atoms with van der Waals surface area (Å²) in [5.74, 6) is -1.12. The average Bonchev–Trinajstić information content (AvgIpc) is 2.83. The third-order valence-corrected chi connectivity index (χ3v) is 6.82. The summed E-state index contributed by atoms with van der Waals surface area (Å²) in [6.07, 6.45) is 5.28. The summed E-state index contributed by atoms with van der Waals surface area (Å²) in [4.78, 5) is 42.3. The molecule has 0 bridgehead atoms. The lowest BCUT2D eigenvalue weighted by atomic mass is 9.94. The number of carboxylic acid groups (broad SMARTS) is 1. The molecule has 4 rings (SSSR count). The van der Waals surface area contributed by atoms with Gasteiger partial charge in [0, 0.05) is 25.6 Å². The molecule has 2 N–H and O–H groups in total. The molecule has 0 radical (unpaired) electrons. The van der Waals surface area contributed by atoms with Crippen molar-refractivity contribution in [3.8, 4) is 0 Å². The highest BCUT2D eigenvalue weighted by Crippen LogP contribution is 2.26. The minimum atomic E-state index is -0.979. The fourth-order valence-corrected chi connectivity index (χ4v) is 5.15. The molecule has 0 spiro atoms. The van der Waals surface area contributed by atoms with Gasteiger partial charge in [0.1, 0.15) is 6.04 Å². The van der Waals surface area contributed by atoms with Gasteiger partial charge in [-0.1, -0.05) is 79.9 Å². The smallest absolute Gasteiger partial charge is 0.318 e. The van der Waals surface area contributed by atoms with E-state index in [1.165, 1.54) is 11.3 Å². The van der Waals surface area contributed by atoms with Crippen LogP contribution < -0.4 is 5.32 Å². The maximum atomic E-state index is 13.7. The largest absolute Gasteiger partial charge is 0.481 e. The van der Waals surface area contributed by atoms with E-state index in [4.69, 9.17) is 0 Å². The van der Waals surface area contributed by atoms with Crippen molar-refractivity contribution < 1.29 is 19.5 Å². The number of carbonyl (C=O) groups excluding carboxylic acids is 2. The quantitative estimate of drug-likeness (QED) is 0.653. The maximum Gasteiger partial charge on any atom is 0.318 e. The fraction of sp³-hybridized carbons (Fsp3) is 0.444. The summed E-state index contributed by atoms with van der Waals surface area (Å²) in [6.45, 7) is 0.586. The van der Waals surface area contributed by atoms with Crippen LogP contribution in [0.25, 0.3) is 0 Å². The van der Waals surface area contributed by atoms with Crippen LogP contribution in [0.2, 0.25) is 0 Å². The van der Waals surface area contributed by atoms with Gasteiger partial charge in [0.25, 0.3) is 0 Å². The third kappa shape index (κ3) is 5.95. The Bertz CT molecular complexity index is 976. The minimum Gasteiger partial charge on any atom is -0.481 e.